The van der Waals surface area contributed by atoms with Gasteiger partial charge in [-0.2, -0.15) is 0 Å². The fourth-order valence-corrected chi connectivity index (χ4v) is 2.82. The van der Waals surface area contributed by atoms with Crippen LogP contribution in [0, 0.1) is 18.7 Å². The van der Waals surface area contributed by atoms with Crippen LogP contribution in [0.5, 0.6) is 0 Å². The van der Waals surface area contributed by atoms with Crippen LogP contribution < -0.4 is 10.6 Å². The quantitative estimate of drug-likeness (QED) is 0.843. The van der Waals surface area contributed by atoms with E-state index in [0.29, 0.717) is 5.56 Å². The van der Waals surface area contributed by atoms with Crippen molar-refractivity contribution in [1.82, 2.24) is 5.32 Å². The van der Waals surface area contributed by atoms with E-state index in [1.54, 1.807) is 19.1 Å². The van der Waals surface area contributed by atoms with Crippen molar-refractivity contribution >= 4 is 17.5 Å². The molecule has 0 spiro atoms. The van der Waals surface area contributed by atoms with Gasteiger partial charge in [0.15, 0.2) is 0 Å². The van der Waals surface area contributed by atoms with Crippen LogP contribution in [0.15, 0.2) is 18.2 Å². The minimum absolute atomic E-state index is 0.0656. The molecular weight excluding hydrogens is 283 g/mol. The van der Waals surface area contributed by atoms with E-state index in [1.807, 2.05) is 0 Å². The molecule has 5 heteroatoms. The molecule has 22 heavy (non-hydrogen) atoms. The number of nitrogens with one attached hydrogen (secondary N) is 2. The molecule has 1 aromatic carbocycles. The van der Waals surface area contributed by atoms with Crippen LogP contribution in [0.3, 0.4) is 0 Å². The van der Waals surface area contributed by atoms with Crippen LogP contribution in [0.2, 0.25) is 0 Å². The van der Waals surface area contributed by atoms with E-state index in [2.05, 4.69) is 17.6 Å². The number of hydrogen-bond donors (Lipinski definition) is 2. The number of rotatable bonds is 3. The van der Waals surface area contributed by atoms with E-state index in [4.69, 9.17) is 0 Å². The zero-order chi connectivity index (χ0) is 16.1. The van der Waals surface area contributed by atoms with Crippen molar-refractivity contribution in [2.45, 2.75) is 52.0 Å². The average molecular weight is 306 g/mol. The Hall–Kier alpha value is -1.91. The molecule has 2 rings (SSSR count). The van der Waals surface area contributed by atoms with Gasteiger partial charge in [-0.1, -0.05) is 19.4 Å². The minimum atomic E-state index is -0.749. The predicted octanol–water partition coefficient (Wildman–Crippen LogP) is 3.16. The average Bonchev–Trinajstić information content (AvgIpc) is 2.51. The Morgan fingerprint density at radius 1 is 1.18 bits per heavy atom. The maximum absolute atomic E-state index is 13.4. The topological polar surface area (TPSA) is 58.2 Å². The molecule has 1 fully saturated rings. The van der Waals surface area contributed by atoms with Crippen molar-refractivity contribution in [3.8, 4) is 0 Å². The molecule has 0 atom stereocenters. The summed E-state index contributed by atoms with van der Waals surface area (Å²) in [4.78, 5) is 23.8. The third-order valence-corrected chi connectivity index (χ3v) is 4.40. The summed E-state index contributed by atoms with van der Waals surface area (Å²) in [6.07, 6.45) is 5.17. The molecule has 0 unspecified atom stereocenters. The summed E-state index contributed by atoms with van der Waals surface area (Å²) < 4.78 is 13.4. The van der Waals surface area contributed by atoms with Gasteiger partial charge in [0.05, 0.1) is 0 Å². The van der Waals surface area contributed by atoms with E-state index >= 15 is 0 Å². The van der Waals surface area contributed by atoms with Gasteiger partial charge in [-0.25, -0.2) is 4.39 Å². The molecule has 1 saturated carbocycles. The van der Waals surface area contributed by atoms with Gasteiger partial charge in [-0.15, -0.1) is 0 Å². The van der Waals surface area contributed by atoms with E-state index < -0.39 is 17.6 Å². The Morgan fingerprint density at radius 3 is 2.45 bits per heavy atom. The molecule has 0 aromatic heterocycles. The van der Waals surface area contributed by atoms with E-state index in [-0.39, 0.29) is 11.7 Å². The van der Waals surface area contributed by atoms with Gasteiger partial charge < -0.3 is 10.6 Å². The molecular formula is C17H23FN2O2. The first-order valence-corrected chi connectivity index (χ1v) is 7.87. The summed E-state index contributed by atoms with van der Waals surface area (Å²) in [6, 6.07) is 4.42. The molecule has 1 aromatic rings. The minimum Gasteiger partial charge on any atom is -0.345 e. The zero-order valence-corrected chi connectivity index (χ0v) is 13.1. The SMILES string of the molecule is CCC1CCC(NC(=O)C(=O)Nc2ccc(C)c(F)c2)CC1. The lowest BCUT2D eigenvalue weighted by atomic mass is 9.84. The first-order valence-electron chi connectivity index (χ1n) is 7.87. The van der Waals surface area contributed by atoms with Crippen molar-refractivity contribution in [3.63, 3.8) is 0 Å². The second-order valence-electron chi connectivity index (χ2n) is 6.02. The monoisotopic (exact) mass is 306 g/mol. The van der Waals surface area contributed by atoms with Gasteiger partial charge in [0.25, 0.3) is 0 Å². The molecule has 1 aliphatic rings. The highest BCUT2D eigenvalue weighted by molar-refractivity contribution is 6.39. The van der Waals surface area contributed by atoms with Crippen molar-refractivity contribution < 1.29 is 14.0 Å². The number of hydrogen-bond acceptors (Lipinski definition) is 2. The van der Waals surface area contributed by atoms with Gasteiger partial charge >= 0.3 is 11.8 Å². The lowest BCUT2D eigenvalue weighted by Crippen LogP contribution is -2.43. The number of amides is 2. The molecule has 0 bridgehead atoms. The Bertz CT molecular complexity index is 552. The summed E-state index contributed by atoms with van der Waals surface area (Å²) in [6.45, 7) is 3.82. The van der Waals surface area contributed by atoms with E-state index in [1.165, 1.54) is 12.5 Å². The Labute approximate surface area is 130 Å². The van der Waals surface area contributed by atoms with Gasteiger partial charge in [0.2, 0.25) is 0 Å². The van der Waals surface area contributed by atoms with Crippen LogP contribution in [0.4, 0.5) is 10.1 Å². The lowest BCUT2D eigenvalue weighted by molar-refractivity contribution is -0.136. The summed E-state index contributed by atoms with van der Waals surface area (Å²) in [5, 5.41) is 5.19. The third kappa shape index (κ3) is 4.29. The second-order valence-corrected chi connectivity index (χ2v) is 6.02. The number of anilines is 1. The highest BCUT2D eigenvalue weighted by Crippen LogP contribution is 2.26. The lowest BCUT2D eigenvalue weighted by Gasteiger charge is -2.28. The summed E-state index contributed by atoms with van der Waals surface area (Å²) >= 11 is 0. The highest BCUT2D eigenvalue weighted by Gasteiger charge is 2.23. The third-order valence-electron chi connectivity index (χ3n) is 4.40. The van der Waals surface area contributed by atoms with Crippen molar-refractivity contribution in [3.05, 3.63) is 29.6 Å². The summed E-state index contributed by atoms with van der Waals surface area (Å²) in [5.74, 6) is -1.07. The van der Waals surface area contributed by atoms with Crippen LogP contribution in [0.1, 0.15) is 44.6 Å². The predicted molar refractivity (Wildman–Crippen MR) is 83.9 cm³/mol. The summed E-state index contributed by atoms with van der Waals surface area (Å²) in [5.41, 5.74) is 0.785. The fraction of sp³-hybridized carbons (Fsp3) is 0.529. The molecule has 120 valence electrons. The van der Waals surface area contributed by atoms with Crippen molar-refractivity contribution in [1.29, 1.82) is 0 Å². The van der Waals surface area contributed by atoms with E-state index in [9.17, 15) is 14.0 Å². The molecule has 0 heterocycles. The van der Waals surface area contributed by atoms with Crippen LogP contribution in [0.25, 0.3) is 0 Å². The fourth-order valence-electron chi connectivity index (χ4n) is 2.82. The van der Waals surface area contributed by atoms with E-state index in [0.717, 1.165) is 31.6 Å². The van der Waals surface area contributed by atoms with Crippen molar-refractivity contribution in [2.24, 2.45) is 5.92 Å². The van der Waals surface area contributed by atoms with Gasteiger partial charge in [0.1, 0.15) is 5.82 Å². The van der Waals surface area contributed by atoms with Crippen molar-refractivity contribution in [2.75, 3.05) is 5.32 Å². The largest absolute Gasteiger partial charge is 0.345 e. The number of halogens is 1. The number of carbonyl (C=O) groups excluding carboxylic acids is 2. The smallest absolute Gasteiger partial charge is 0.313 e. The first-order chi connectivity index (χ1) is 10.5. The van der Waals surface area contributed by atoms with Crippen LogP contribution in [-0.2, 0) is 9.59 Å². The first kappa shape index (κ1) is 16.5. The Morgan fingerprint density at radius 2 is 1.86 bits per heavy atom. The standard InChI is InChI=1S/C17H23FN2O2/c1-3-12-5-8-13(9-6-12)19-16(21)17(22)20-14-7-4-11(2)15(18)10-14/h4,7,10,12-13H,3,5-6,8-9H2,1-2H3,(H,19,21)(H,20,22). The molecule has 4 nitrogen and oxygen atoms in total. The number of benzene rings is 1. The maximum atomic E-state index is 13.4. The molecule has 0 aliphatic heterocycles. The highest BCUT2D eigenvalue weighted by atomic mass is 19.1. The second kappa shape index (κ2) is 7.38. The maximum Gasteiger partial charge on any atom is 0.313 e. The number of aryl methyl sites for hydroxylation is 1. The molecule has 0 saturated heterocycles. The number of carbonyl (C=O) groups is 2. The molecule has 0 radical (unpaired) electrons. The summed E-state index contributed by atoms with van der Waals surface area (Å²) in [7, 11) is 0. The van der Waals surface area contributed by atoms with Gasteiger partial charge in [0, 0.05) is 11.7 Å². The molecule has 2 amide bonds. The Balaban J connectivity index is 1.84. The molecule has 2 N–H and O–H groups in total. The molecule has 1 aliphatic carbocycles. The normalized spacial score (nSPS) is 21.2. The van der Waals surface area contributed by atoms with Crippen LogP contribution >= 0.6 is 0 Å². The van der Waals surface area contributed by atoms with Crippen LogP contribution in [-0.4, -0.2) is 17.9 Å². The van der Waals surface area contributed by atoms with Gasteiger partial charge in [-0.3, -0.25) is 9.59 Å². The Kier molecular flexibility index (Phi) is 5.52. The van der Waals surface area contributed by atoms with Gasteiger partial charge in [-0.05, 0) is 56.2 Å². The zero-order valence-electron chi connectivity index (χ0n) is 13.1.